The first-order chi connectivity index (χ1) is 12.0. The van der Waals surface area contributed by atoms with Gasteiger partial charge in [0, 0.05) is 11.3 Å². The van der Waals surface area contributed by atoms with E-state index in [0.29, 0.717) is 12.5 Å². The molecule has 0 spiro atoms. The molecule has 0 heterocycles. The van der Waals surface area contributed by atoms with Gasteiger partial charge in [0.1, 0.15) is 5.75 Å². The zero-order valence-corrected chi connectivity index (χ0v) is 15.5. The molecule has 5 heteroatoms. The molecule has 0 aliphatic carbocycles. The third-order valence-corrected chi connectivity index (χ3v) is 4.16. The zero-order valence-electron chi connectivity index (χ0n) is 15.5. The molecule has 2 rings (SSSR count). The average molecular weight is 340 g/mol. The fraction of sp³-hybridized carbons (Fsp3) is 0.350. The minimum absolute atomic E-state index is 0.0819. The molecule has 0 aliphatic heterocycles. The van der Waals surface area contributed by atoms with Crippen LogP contribution in [0.1, 0.15) is 24.1 Å². The standard InChI is InChI=1S/C20H28N4O/c1-5-15-9-8-10-16(13-15)23-20(21)22-14-18(24(2)3)17-11-6-7-12-19(17)25-4/h6-13,18H,5,14H2,1-4H3,(H3,21,22,23). The summed E-state index contributed by atoms with van der Waals surface area (Å²) in [4.78, 5) is 6.65. The highest BCUT2D eigenvalue weighted by Crippen LogP contribution is 2.28. The number of nitrogens with two attached hydrogens (primary N) is 1. The van der Waals surface area contributed by atoms with Crippen LogP contribution in [0.4, 0.5) is 5.69 Å². The van der Waals surface area contributed by atoms with Gasteiger partial charge in [-0.15, -0.1) is 0 Å². The molecular formula is C20H28N4O. The summed E-state index contributed by atoms with van der Waals surface area (Å²) in [5.41, 5.74) is 9.40. The van der Waals surface area contributed by atoms with Crippen LogP contribution in [-0.4, -0.2) is 38.6 Å². The third-order valence-electron chi connectivity index (χ3n) is 4.16. The Balaban J connectivity index is 2.12. The van der Waals surface area contributed by atoms with Gasteiger partial charge in [0.05, 0.1) is 19.7 Å². The van der Waals surface area contributed by atoms with Gasteiger partial charge in [0.2, 0.25) is 0 Å². The monoisotopic (exact) mass is 340 g/mol. The van der Waals surface area contributed by atoms with Crippen molar-refractivity contribution in [2.75, 3.05) is 33.1 Å². The molecule has 1 atom stereocenters. The van der Waals surface area contributed by atoms with Crippen molar-refractivity contribution < 1.29 is 4.74 Å². The van der Waals surface area contributed by atoms with Gasteiger partial charge in [-0.25, -0.2) is 0 Å². The summed E-state index contributed by atoms with van der Waals surface area (Å²) < 4.78 is 5.48. The molecule has 0 aromatic heterocycles. The number of guanidine groups is 1. The van der Waals surface area contributed by atoms with Crippen LogP contribution in [0, 0.1) is 0 Å². The normalized spacial score (nSPS) is 12.9. The number of aryl methyl sites for hydroxylation is 1. The maximum absolute atomic E-state index is 6.08. The van der Waals surface area contributed by atoms with E-state index in [9.17, 15) is 0 Å². The Bertz CT molecular complexity index is 712. The van der Waals surface area contributed by atoms with Gasteiger partial charge in [-0.2, -0.15) is 0 Å². The summed E-state index contributed by atoms with van der Waals surface area (Å²) in [7, 11) is 5.74. The van der Waals surface area contributed by atoms with E-state index in [4.69, 9.17) is 10.5 Å². The summed E-state index contributed by atoms with van der Waals surface area (Å²) in [6.07, 6.45) is 0.989. The molecule has 0 aliphatic rings. The lowest BCUT2D eigenvalue weighted by Crippen LogP contribution is -2.27. The highest BCUT2D eigenvalue weighted by atomic mass is 16.5. The van der Waals surface area contributed by atoms with Gasteiger partial charge in [-0.05, 0) is 44.3 Å². The van der Waals surface area contributed by atoms with Crippen LogP contribution >= 0.6 is 0 Å². The minimum atomic E-state index is 0.0819. The largest absolute Gasteiger partial charge is 0.496 e. The number of nitrogens with zero attached hydrogens (tertiary/aromatic N) is 2. The van der Waals surface area contributed by atoms with E-state index in [2.05, 4.69) is 40.3 Å². The van der Waals surface area contributed by atoms with Crippen LogP contribution in [0.25, 0.3) is 0 Å². The Hall–Kier alpha value is -2.53. The average Bonchev–Trinajstić information content (AvgIpc) is 2.62. The number of hydrogen-bond acceptors (Lipinski definition) is 3. The van der Waals surface area contributed by atoms with Gasteiger partial charge >= 0.3 is 0 Å². The van der Waals surface area contributed by atoms with Crippen molar-refractivity contribution in [3.8, 4) is 5.75 Å². The van der Waals surface area contributed by atoms with Crippen molar-refractivity contribution in [1.29, 1.82) is 0 Å². The van der Waals surface area contributed by atoms with Gasteiger partial charge < -0.3 is 20.7 Å². The molecule has 0 saturated carbocycles. The number of para-hydroxylation sites is 1. The number of hydrogen-bond donors (Lipinski definition) is 2. The molecule has 1 unspecified atom stereocenters. The number of aliphatic imine (C=N–C) groups is 1. The predicted molar refractivity (Wildman–Crippen MR) is 105 cm³/mol. The molecule has 25 heavy (non-hydrogen) atoms. The van der Waals surface area contributed by atoms with E-state index in [1.54, 1.807) is 7.11 Å². The molecule has 5 nitrogen and oxygen atoms in total. The first-order valence-electron chi connectivity index (χ1n) is 8.50. The lowest BCUT2D eigenvalue weighted by Gasteiger charge is -2.25. The van der Waals surface area contributed by atoms with Crippen LogP contribution in [0.5, 0.6) is 5.75 Å². The summed E-state index contributed by atoms with van der Waals surface area (Å²) in [6, 6.07) is 16.3. The number of methoxy groups -OCH3 is 1. The first kappa shape index (κ1) is 18.8. The smallest absolute Gasteiger partial charge is 0.193 e. The molecule has 134 valence electrons. The zero-order chi connectivity index (χ0) is 18.2. The summed E-state index contributed by atoms with van der Waals surface area (Å²) >= 11 is 0. The van der Waals surface area contributed by atoms with Crippen molar-refractivity contribution in [3.63, 3.8) is 0 Å². The van der Waals surface area contributed by atoms with E-state index < -0.39 is 0 Å². The Morgan fingerprint density at radius 2 is 1.96 bits per heavy atom. The number of nitrogens with one attached hydrogen (secondary N) is 1. The molecule has 3 N–H and O–H groups in total. The molecular weight excluding hydrogens is 312 g/mol. The van der Waals surface area contributed by atoms with Crippen molar-refractivity contribution >= 4 is 11.6 Å². The number of ether oxygens (including phenoxy) is 1. The van der Waals surface area contributed by atoms with Crippen LogP contribution in [-0.2, 0) is 6.42 Å². The van der Waals surface area contributed by atoms with Crippen molar-refractivity contribution in [2.45, 2.75) is 19.4 Å². The topological polar surface area (TPSA) is 62.9 Å². The van der Waals surface area contributed by atoms with Crippen LogP contribution < -0.4 is 15.8 Å². The maximum atomic E-state index is 6.08. The Kier molecular flexibility index (Phi) is 6.83. The minimum Gasteiger partial charge on any atom is -0.496 e. The van der Waals surface area contributed by atoms with E-state index in [1.807, 2.05) is 44.4 Å². The molecule has 2 aromatic carbocycles. The van der Waals surface area contributed by atoms with Crippen LogP contribution in [0.15, 0.2) is 53.5 Å². The lowest BCUT2D eigenvalue weighted by atomic mass is 10.0. The van der Waals surface area contributed by atoms with Crippen molar-refractivity contribution in [1.82, 2.24) is 4.90 Å². The van der Waals surface area contributed by atoms with Crippen molar-refractivity contribution in [3.05, 3.63) is 59.7 Å². The molecule has 0 radical (unpaired) electrons. The molecule has 0 amide bonds. The second kappa shape index (κ2) is 9.08. The van der Waals surface area contributed by atoms with Crippen LogP contribution in [0.2, 0.25) is 0 Å². The molecule has 2 aromatic rings. The molecule has 0 fully saturated rings. The maximum Gasteiger partial charge on any atom is 0.193 e. The Labute approximate surface area is 150 Å². The highest BCUT2D eigenvalue weighted by Gasteiger charge is 2.17. The van der Waals surface area contributed by atoms with Crippen LogP contribution in [0.3, 0.4) is 0 Å². The number of anilines is 1. The number of rotatable bonds is 7. The molecule has 0 saturated heterocycles. The van der Waals surface area contributed by atoms with E-state index in [1.165, 1.54) is 5.56 Å². The fourth-order valence-corrected chi connectivity index (χ4v) is 2.72. The number of likely N-dealkylation sites (N-methyl/N-ethyl adjacent to an activating group) is 1. The second-order valence-corrected chi connectivity index (χ2v) is 6.13. The third kappa shape index (κ3) is 5.22. The van der Waals surface area contributed by atoms with Gasteiger partial charge in [-0.1, -0.05) is 37.3 Å². The summed E-state index contributed by atoms with van der Waals surface area (Å²) in [5.74, 6) is 1.27. The first-order valence-corrected chi connectivity index (χ1v) is 8.50. The Morgan fingerprint density at radius 3 is 2.64 bits per heavy atom. The van der Waals surface area contributed by atoms with Gasteiger partial charge in [-0.3, -0.25) is 4.99 Å². The predicted octanol–water partition coefficient (Wildman–Crippen LogP) is 3.29. The van der Waals surface area contributed by atoms with Gasteiger partial charge in [0.25, 0.3) is 0 Å². The van der Waals surface area contributed by atoms with E-state index in [-0.39, 0.29) is 6.04 Å². The van der Waals surface area contributed by atoms with E-state index in [0.717, 1.165) is 23.4 Å². The van der Waals surface area contributed by atoms with Gasteiger partial charge in [0.15, 0.2) is 5.96 Å². The van der Waals surface area contributed by atoms with Crippen molar-refractivity contribution in [2.24, 2.45) is 10.7 Å². The molecule has 0 bridgehead atoms. The summed E-state index contributed by atoms with van der Waals surface area (Å²) in [5, 5.41) is 3.17. The number of benzene rings is 2. The van der Waals surface area contributed by atoms with E-state index >= 15 is 0 Å². The second-order valence-electron chi connectivity index (χ2n) is 6.13. The summed E-state index contributed by atoms with van der Waals surface area (Å²) in [6.45, 7) is 2.67. The quantitative estimate of drug-likeness (QED) is 0.600. The fourth-order valence-electron chi connectivity index (χ4n) is 2.72. The highest BCUT2D eigenvalue weighted by molar-refractivity contribution is 5.92. The SMILES string of the molecule is CCc1cccc(NC(N)=NCC(c2ccccc2OC)N(C)C)c1. The lowest BCUT2D eigenvalue weighted by molar-refractivity contribution is 0.295. The Morgan fingerprint density at radius 1 is 1.20 bits per heavy atom.